The number of rotatable bonds is 3. The van der Waals surface area contributed by atoms with Gasteiger partial charge in [0.2, 0.25) is 0 Å². The molecule has 0 heterocycles. The molecule has 0 fully saturated rings. The maximum absolute atomic E-state index is 13.8. The maximum Gasteiger partial charge on any atom is 0.255 e. The van der Waals surface area contributed by atoms with Crippen LogP contribution in [0.15, 0.2) is 36.4 Å². The number of nitrogen functional groups attached to an aromatic ring is 1. The van der Waals surface area contributed by atoms with Crippen LogP contribution in [0, 0.1) is 23.0 Å². The van der Waals surface area contributed by atoms with Gasteiger partial charge in [-0.1, -0.05) is 0 Å². The summed E-state index contributed by atoms with van der Waals surface area (Å²) in [5.74, 6) is -1.99. The van der Waals surface area contributed by atoms with Crippen LogP contribution in [-0.4, -0.2) is 5.91 Å². The molecule has 0 bridgehead atoms. The van der Waals surface area contributed by atoms with Gasteiger partial charge < -0.3 is 11.1 Å². The van der Waals surface area contributed by atoms with Gasteiger partial charge in [0.15, 0.2) is 0 Å². The highest BCUT2D eigenvalue weighted by molar-refractivity contribution is 6.04. The average molecular weight is 315 g/mol. The first-order valence-corrected chi connectivity index (χ1v) is 6.81. The standard InChI is InChI=1S/C17H15F2N3O/c1-17(2,9-20)11-5-10(6-12(18)7-11)16(23)22-15-8-13(21)3-4-14(15)19/h3-8H,21H2,1-2H3,(H,22,23). The largest absolute Gasteiger partial charge is 0.399 e. The Kier molecular flexibility index (Phi) is 4.32. The van der Waals surface area contributed by atoms with E-state index in [2.05, 4.69) is 5.32 Å². The van der Waals surface area contributed by atoms with Crippen LogP contribution in [-0.2, 0) is 5.41 Å². The molecule has 2 aromatic rings. The zero-order chi connectivity index (χ0) is 17.2. The Hall–Kier alpha value is -2.94. The summed E-state index contributed by atoms with van der Waals surface area (Å²) in [6, 6.07) is 9.43. The van der Waals surface area contributed by atoms with Crippen molar-refractivity contribution in [2.45, 2.75) is 19.3 Å². The monoisotopic (exact) mass is 315 g/mol. The van der Waals surface area contributed by atoms with Crippen molar-refractivity contribution in [2.75, 3.05) is 11.1 Å². The molecule has 0 aromatic heterocycles. The van der Waals surface area contributed by atoms with E-state index in [1.807, 2.05) is 6.07 Å². The van der Waals surface area contributed by atoms with E-state index in [-0.39, 0.29) is 16.9 Å². The summed E-state index contributed by atoms with van der Waals surface area (Å²) < 4.78 is 27.4. The number of nitrogens with one attached hydrogen (secondary N) is 1. The molecule has 0 radical (unpaired) electrons. The highest BCUT2D eigenvalue weighted by Crippen LogP contribution is 2.25. The Balaban J connectivity index is 2.37. The summed E-state index contributed by atoms with van der Waals surface area (Å²) in [5.41, 5.74) is 5.13. The molecule has 0 aliphatic rings. The average Bonchev–Trinajstić information content (AvgIpc) is 2.50. The highest BCUT2D eigenvalue weighted by atomic mass is 19.1. The van der Waals surface area contributed by atoms with Crippen LogP contribution >= 0.6 is 0 Å². The SMILES string of the molecule is CC(C)(C#N)c1cc(F)cc(C(=O)Nc2cc(N)ccc2F)c1. The van der Waals surface area contributed by atoms with Gasteiger partial charge in [-0.3, -0.25) is 4.79 Å². The molecule has 2 aromatic carbocycles. The number of nitrogens with two attached hydrogens (primary N) is 1. The predicted octanol–water partition coefficient (Wildman–Crippen LogP) is 3.60. The zero-order valence-electron chi connectivity index (χ0n) is 12.7. The minimum absolute atomic E-state index is 0.00912. The van der Waals surface area contributed by atoms with E-state index in [4.69, 9.17) is 11.0 Å². The molecule has 23 heavy (non-hydrogen) atoms. The van der Waals surface area contributed by atoms with Gasteiger partial charge in [-0.25, -0.2) is 8.78 Å². The Morgan fingerprint density at radius 2 is 1.91 bits per heavy atom. The number of amides is 1. The molecule has 3 N–H and O–H groups in total. The van der Waals surface area contributed by atoms with Crippen molar-refractivity contribution in [3.05, 3.63) is 59.2 Å². The van der Waals surface area contributed by atoms with Gasteiger partial charge in [0.1, 0.15) is 11.6 Å². The number of carbonyl (C=O) groups excluding carboxylic acids is 1. The molecule has 6 heteroatoms. The van der Waals surface area contributed by atoms with E-state index in [1.165, 1.54) is 24.3 Å². The predicted molar refractivity (Wildman–Crippen MR) is 83.8 cm³/mol. The summed E-state index contributed by atoms with van der Waals surface area (Å²) in [4.78, 5) is 12.2. The van der Waals surface area contributed by atoms with Crippen molar-refractivity contribution in [2.24, 2.45) is 0 Å². The van der Waals surface area contributed by atoms with E-state index in [9.17, 15) is 13.6 Å². The fourth-order valence-corrected chi connectivity index (χ4v) is 1.98. The second kappa shape index (κ2) is 6.05. The van der Waals surface area contributed by atoms with Crippen LogP contribution < -0.4 is 11.1 Å². The van der Waals surface area contributed by atoms with Gasteiger partial charge in [0.25, 0.3) is 5.91 Å². The van der Waals surface area contributed by atoms with E-state index in [1.54, 1.807) is 13.8 Å². The lowest BCUT2D eigenvalue weighted by molar-refractivity contribution is 0.102. The third-order valence-corrected chi connectivity index (χ3v) is 3.40. The Morgan fingerprint density at radius 1 is 1.22 bits per heavy atom. The minimum atomic E-state index is -0.959. The van der Waals surface area contributed by atoms with Crippen LogP contribution in [0.5, 0.6) is 0 Å². The molecule has 118 valence electrons. The first-order chi connectivity index (χ1) is 10.7. The molecular formula is C17H15F2N3O. The van der Waals surface area contributed by atoms with Crippen molar-refractivity contribution < 1.29 is 13.6 Å². The molecule has 0 saturated carbocycles. The summed E-state index contributed by atoms with van der Waals surface area (Å²) in [6.45, 7) is 3.22. The minimum Gasteiger partial charge on any atom is -0.399 e. The van der Waals surface area contributed by atoms with Gasteiger partial charge in [-0.05, 0) is 55.8 Å². The molecule has 0 aliphatic heterocycles. The second-order valence-corrected chi connectivity index (χ2v) is 5.66. The third kappa shape index (κ3) is 3.64. The van der Waals surface area contributed by atoms with Crippen LogP contribution in [0.2, 0.25) is 0 Å². The van der Waals surface area contributed by atoms with Crippen molar-refractivity contribution in [1.82, 2.24) is 0 Å². The van der Waals surface area contributed by atoms with Gasteiger partial charge in [0.05, 0.1) is 17.2 Å². The number of benzene rings is 2. The van der Waals surface area contributed by atoms with Crippen molar-refractivity contribution in [3.8, 4) is 6.07 Å². The lowest BCUT2D eigenvalue weighted by Gasteiger charge is -2.17. The fraction of sp³-hybridized carbons (Fsp3) is 0.176. The van der Waals surface area contributed by atoms with Gasteiger partial charge in [-0.15, -0.1) is 0 Å². The van der Waals surface area contributed by atoms with Crippen molar-refractivity contribution in [3.63, 3.8) is 0 Å². The number of nitriles is 1. The topological polar surface area (TPSA) is 78.9 Å². The molecule has 0 aliphatic carbocycles. The van der Waals surface area contributed by atoms with Crippen molar-refractivity contribution >= 4 is 17.3 Å². The van der Waals surface area contributed by atoms with E-state index in [0.717, 1.165) is 12.1 Å². The van der Waals surface area contributed by atoms with Gasteiger partial charge >= 0.3 is 0 Å². The van der Waals surface area contributed by atoms with E-state index >= 15 is 0 Å². The Morgan fingerprint density at radius 3 is 2.57 bits per heavy atom. The number of nitrogens with zero attached hydrogens (tertiary/aromatic N) is 1. The third-order valence-electron chi connectivity index (χ3n) is 3.40. The summed E-state index contributed by atoms with van der Waals surface area (Å²) >= 11 is 0. The molecular weight excluding hydrogens is 300 g/mol. The van der Waals surface area contributed by atoms with Crippen LogP contribution in [0.1, 0.15) is 29.8 Å². The first-order valence-electron chi connectivity index (χ1n) is 6.81. The van der Waals surface area contributed by atoms with Gasteiger partial charge in [-0.2, -0.15) is 5.26 Å². The van der Waals surface area contributed by atoms with Gasteiger partial charge in [0, 0.05) is 11.3 Å². The van der Waals surface area contributed by atoms with Crippen LogP contribution in [0.4, 0.5) is 20.2 Å². The molecule has 0 spiro atoms. The molecule has 2 rings (SSSR count). The van der Waals surface area contributed by atoms with E-state index in [0.29, 0.717) is 5.56 Å². The normalized spacial score (nSPS) is 10.9. The molecule has 0 saturated heterocycles. The van der Waals surface area contributed by atoms with Crippen molar-refractivity contribution in [1.29, 1.82) is 5.26 Å². The number of carbonyl (C=O) groups is 1. The molecule has 4 nitrogen and oxygen atoms in total. The van der Waals surface area contributed by atoms with Crippen LogP contribution in [0.25, 0.3) is 0 Å². The molecule has 0 unspecified atom stereocenters. The Labute approximate surface area is 132 Å². The lowest BCUT2D eigenvalue weighted by atomic mass is 9.85. The number of hydrogen-bond acceptors (Lipinski definition) is 3. The number of anilines is 2. The molecule has 1 amide bonds. The maximum atomic E-state index is 13.8. The summed E-state index contributed by atoms with van der Waals surface area (Å²) in [6.07, 6.45) is 0. The zero-order valence-corrected chi connectivity index (χ0v) is 12.7. The van der Waals surface area contributed by atoms with E-state index < -0.39 is 23.0 Å². The quantitative estimate of drug-likeness (QED) is 0.849. The lowest BCUT2D eigenvalue weighted by Crippen LogP contribution is -2.18. The second-order valence-electron chi connectivity index (χ2n) is 5.66. The molecule has 0 atom stereocenters. The summed E-state index contributed by atoms with van der Waals surface area (Å²) in [7, 11) is 0. The van der Waals surface area contributed by atoms with Crippen LogP contribution in [0.3, 0.4) is 0 Å². The number of hydrogen-bond donors (Lipinski definition) is 2. The first kappa shape index (κ1) is 16.4. The number of halogens is 2. The highest BCUT2D eigenvalue weighted by Gasteiger charge is 2.22. The summed E-state index contributed by atoms with van der Waals surface area (Å²) in [5, 5.41) is 11.5. The smallest absolute Gasteiger partial charge is 0.255 e. The Bertz CT molecular complexity index is 810. The fourth-order valence-electron chi connectivity index (χ4n) is 1.98.